The Bertz CT molecular complexity index is 502. The molecule has 0 aliphatic carbocycles. The van der Waals surface area contributed by atoms with E-state index in [0.717, 1.165) is 5.76 Å². The van der Waals surface area contributed by atoms with Crippen molar-refractivity contribution in [2.45, 2.75) is 6.54 Å². The van der Waals surface area contributed by atoms with Gasteiger partial charge in [-0.2, -0.15) is 0 Å². The van der Waals surface area contributed by atoms with Crippen LogP contribution in [-0.2, 0) is 6.54 Å². The van der Waals surface area contributed by atoms with E-state index in [1.54, 1.807) is 18.4 Å². The van der Waals surface area contributed by atoms with Crippen molar-refractivity contribution in [2.24, 2.45) is 0 Å². The Hall–Kier alpha value is -2.07. The van der Waals surface area contributed by atoms with E-state index < -0.39 is 0 Å². The van der Waals surface area contributed by atoms with Crippen LogP contribution in [0.2, 0.25) is 0 Å². The van der Waals surface area contributed by atoms with Crippen molar-refractivity contribution in [3.63, 3.8) is 0 Å². The number of benzene rings is 1. The maximum Gasteiger partial charge on any atom is 0.176 e. The molecule has 0 radical (unpaired) electrons. The molecule has 4 nitrogen and oxygen atoms in total. The number of carbonyl (C=O) groups excluding carboxylic acids is 1. The average Bonchev–Trinajstić information content (AvgIpc) is 2.82. The predicted octanol–water partition coefficient (Wildman–Crippen LogP) is 2.30. The first-order valence-electron chi connectivity index (χ1n) is 5.68. The number of ketones is 1. The third-order valence-corrected chi connectivity index (χ3v) is 2.61. The summed E-state index contributed by atoms with van der Waals surface area (Å²) in [6.45, 7) is 0.905. The van der Waals surface area contributed by atoms with Crippen LogP contribution < -0.4 is 0 Å². The number of furan rings is 1. The van der Waals surface area contributed by atoms with Crippen LogP contribution in [0.25, 0.3) is 0 Å². The highest BCUT2D eigenvalue weighted by molar-refractivity contribution is 5.97. The van der Waals surface area contributed by atoms with Crippen molar-refractivity contribution < 1.29 is 14.3 Å². The molecule has 0 unspecified atom stereocenters. The number of carbonyl (C=O) groups is 1. The minimum atomic E-state index is 0.0176. The van der Waals surface area contributed by atoms with Crippen LogP contribution in [-0.4, -0.2) is 29.4 Å². The zero-order chi connectivity index (χ0) is 13.0. The van der Waals surface area contributed by atoms with Gasteiger partial charge in [0.15, 0.2) is 5.78 Å². The molecule has 0 aliphatic heterocycles. The summed E-state index contributed by atoms with van der Waals surface area (Å²) in [5.74, 6) is 1.01. The van der Waals surface area contributed by atoms with Crippen molar-refractivity contribution in [3.8, 4) is 5.75 Å². The monoisotopic (exact) mass is 245 g/mol. The second-order valence-electron chi connectivity index (χ2n) is 4.22. The molecule has 94 valence electrons. The first-order valence-corrected chi connectivity index (χ1v) is 5.68. The summed E-state index contributed by atoms with van der Waals surface area (Å²) in [6.07, 6.45) is 1.62. The van der Waals surface area contributed by atoms with Crippen molar-refractivity contribution in [1.82, 2.24) is 4.90 Å². The van der Waals surface area contributed by atoms with Gasteiger partial charge < -0.3 is 9.52 Å². The quantitative estimate of drug-likeness (QED) is 0.821. The van der Waals surface area contributed by atoms with Crippen LogP contribution in [0.15, 0.2) is 47.1 Å². The number of phenols is 1. The molecule has 1 heterocycles. The summed E-state index contributed by atoms with van der Waals surface area (Å²) in [5, 5.41) is 9.16. The zero-order valence-electron chi connectivity index (χ0n) is 10.2. The average molecular weight is 245 g/mol. The molecule has 1 aromatic heterocycles. The van der Waals surface area contributed by atoms with Crippen molar-refractivity contribution in [2.75, 3.05) is 13.6 Å². The van der Waals surface area contributed by atoms with Gasteiger partial charge in [-0.15, -0.1) is 0 Å². The highest BCUT2D eigenvalue weighted by Crippen LogP contribution is 2.11. The van der Waals surface area contributed by atoms with E-state index in [9.17, 15) is 4.79 Å². The van der Waals surface area contributed by atoms with Gasteiger partial charge >= 0.3 is 0 Å². The minimum Gasteiger partial charge on any atom is -0.508 e. The van der Waals surface area contributed by atoms with Crippen LogP contribution in [0.3, 0.4) is 0 Å². The lowest BCUT2D eigenvalue weighted by atomic mass is 10.1. The molecule has 0 amide bonds. The molecule has 0 fully saturated rings. The third kappa shape index (κ3) is 3.21. The number of rotatable bonds is 5. The second-order valence-corrected chi connectivity index (χ2v) is 4.22. The van der Waals surface area contributed by atoms with Gasteiger partial charge in [0.05, 0.1) is 19.4 Å². The lowest BCUT2D eigenvalue weighted by molar-refractivity contribution is 0.0939. The topological polar surface area (TPSA) is 53.7 Å². The number of nitrogens with zero attached hydrogens (tertiary/aromatic N) is 1. The smallest absolute Gasteiger partial charge is 0.176 e. The molecule has 18 heavy (non-hydrogen) atoms. The van der Waals surface area contributed by atoms with E-state index in [0.29, 0.717) is 18.7 Å². The van der Waals surface area contributed by atoms with Crippen LogP contribution >= 0.6 is 0 Å². The normalized spacial score (nSPS) is 10.8. The summed E-state index contributed by atoms with van der Waals surface area (Å²) in [6, 6.07) is 9.98. The molecule has 0 bridgehead atoms. The van der Waals surface area contributed by atoms with Crippen molar-refractivity contribution in [3.05, 3.63) is 54.0 Å². The van der Waals surface area contributed by atoms with E-state index in [1.807, 2.05) is 24.1 Å². The molecule has 0 spiro atoms. The summed E-state index contributed by atoms with van der Waals surface area (Å²) < 4.78 is 5.22. The maximum atomic E-state index is 11.9. The lowest BCUT2D eigenvalue weighted by Crippen LogP contribution is -2.25. The Balaban J connectivity index is 1.92. The van der Waals surface area contributed by atoms with E-state index in [1.165, 1.54) is 12.1 Å². The molecule has 0 aliphatic rings. The summed E-state index contributed by atoms with van der Waals surface area (Å²) in [7, 11) is 1.86. The number of hydrogen-bond acceptors (Lipinski definition) is 4. The maximum absolute atomic E-state index is 11.9. The van der Waals surface area contributed by atoms with Gasteiger partial charge in [0.25, 0.3) is 0 Å². The van der Waals surface area contributed by atoms with E-state index in [2.05, 4.69) is 0 Å². The molecule has 2 aromatic rings. The Morgan fingerprint density at radius 2 is 2.00 bits per heavy atom. The molecule has 2 rings (SSSR count). The van der Waals surface area contributed by atoms with E-state index in [4.69, 9.17) is 9.52 Å². The fraction of sp³-hybridized carbons (Fsp3) is 0.214. The molecule has 4 heteroatoms. The largest absolute Gasteiger partial charge is 0.508 e. The van der Waals surface area contributed by atoms with E-state index in [-0.39, 0.29) is 11.5 Å². The predicted molar refractivity (Wildman–Crippen MR) is 67.5 cm³/mol. The highest BCUT2D eigenvalue weighted by Gasteiger charge is 2.10. The van der Waals surface area contributed by atoms with Crippen molar-refractivity contribution in [1.29, 1.82) is 0 Å². The molecular weight excluding hydrogens is 230 g/mol. The van der Waals surface area contributed by atoms with Crippen LogP contribution in [0.1, 0.15) is 16.1 Å². The first kappa shape index (κ1) is 12.4. The number of phenolic OH excluding ortho intramolecular Hbond substituents is 1. The Morgan fingerprint density at radius 1 is 1.28 bits per heavy atom. The molecule has 1 N–H and O–H groups in total. The van der Waals surface area contributed by atoms with Gasteiger partial charge in [0.2, 0.25) is 0 Å². The fourth-order valence-corrected chi connectivity index (χ4v) is 1.71. The van der Waals surface area contributed by atoms with Gasteiger partial charge in [-0.25, -0.2) is 0 Å². The van der Waals surface area contributed by atoms with Crippen molar-refractivity contribution >= 4 is 5.78 Å². The van der Waals surface area contributed by atoms with Crippen LogP contribution in [0.4, 0.5) is 0 Å². The van der Waals surface area contributed by atoms with Gasteiger partial charge in [-0.3, -0.25) is 9.69 Å². The summed E-state index contributed by atoms with van der Waals surface area (Å²) in [5.41, 5.74) is 0.596. The van der Waals surface area contributed by atoms with Gasteiger partial charge in [0, 0.05) is 5.56 Å². The number of hydrogen-bond donors (Lipinski definition) is 1. The highest BCUT2D eigenvalue weighted by atomic mass is 16.3. The molecule has 0 atom stereocenters. The minimum absolute atomic E-state index is 0.0176. The standard InChI is InChI=1S/C14H15NO3/c1-15(9-13-3-2-8-18-13)10-14(17)11-4-6-12(16)7-5-11/h2-8,16H,9-10H2,1H3. The molecule has 0 saturated carbocycles. The molecule has 0 saturated heterocycles. The van der Waals surface area contributed by atoms with E-state index >= 15 is 0 Å². The Kier molecular flexibility index (Phi) is 3.79. The van der Waals surface area contributed by atoms with Gasteiger partial charge in [0.1, 0.15) is 11.5 Å². The lowest BCUT2D eigenvalue weighted by Gasteiger charge is -2.13. The number of aromatic hydroxyl groups is 1. The molecule has 1 aromatic carbocycles. The fourth-order valence-electron chi connectivity index (χ4n) is 1.71. The van der Waals surface area contributed by atoms with Crippen LogP contribution in [0.5, 0.6) is 5.75 Å². The number of likely N-dealkylation sites (N-methyl/N-ethyl adjacent to an activating group) is 1. The summed E-state index contributed by atoms with van der Waals surface area (Å²) in [4.78, 5) is 13.8. The third-order valence-electron chi connectivity index (χ3n) is 2.61. The first-order chi connectivity index (χ1) is 8.65. The molecular formula is C14H15NO3. The van der Waals surface area contributed by atoms with Gasteiger partial charge in [-0.1, -0.05) is 0 Å². The Morgan fingerprint density at radius 3 is 2.61 bits per heavy atom. The zero-order valence-corrected chi connectivity index (χ0v) is 10.2. The SMILES string of the molecule is CN(CC(=O)c1ccc(O)cc1)Cc1ccco1. The second kappa shape index (κ2) is 5.51. The Labute approximate surface area is 105 Å². The number of Topliss-reactive ketones (excluding diaryl/α,β-unsaturated/α-hetero) is 1. The van der Waals surface area contributed by atoms with Gasteiger partial charge in [-0.05, 0) is 43.4 Å². The van der Waals surface area contributed by atoms with Crippen LogP contribution in [0, 0.1) is 0 Å². The summed E-state index contributed by atoms with van der Waals surface area (Å²) >= 11 is 0.